The number of hydrogen-bond acceptors (Lipinski definition) is 4. The molecule has 3 aromatic rings. The van der Waals surface area contributed by atoms with E-state index in [1.807, 2.05) is 0 Å². The van der Waals surface area contributed by atoms with Crippen molar-refractivity contribution in [1.82, 2.24) is 0 Å². The summed E-state index contributed by atoms with van der Waals surface area (Å²) >= 11 is 4.58. The molecule has 1 aromatic carbocycles. The van der Waals surface area contributed by atoms with Gasteiger partial charge >= 0.3 is 5.97 Å². The Bertz CT molecular complexity index is 865. The minimum Gasteiger partial charge on any atom is -0.477 e. The fourth-order valence-electron chi connectivity index (χ4n) is 1.94. The summed E-state index contributed by atoms with van der Waals surface area (Å²) in [6, 6.07) is 8.44. The highest BCUT2D eigenvalue weighted by Crippen LogP contribution is 2.30. The second-order valence-corrected chi connectivity index (χ2v) is 5.92. The first-order chi connectivity index (χ1) is 9.58. The van der Waals surface area contributed by atoms with Crippen LogP contribution in [0.15, 0.2) is 49.4 Å². The highest BCUT2D eigenvalue weighted by Gasteiger charge is 2.22. The number of hydrogen-bond donors (Lipinski definition) is 1. The molecule has 0 aliphatic heterocycles. The molecule has 20 heavy (non-hydrogen) atoms. The minimum absolute atomic E-state index is 0.104. The molecule has 0 radical (unpaired) electrons. The van der Waals surface area contributed by atoms with Crippen molar-refractivity contribution >= 4 is 44.2 Å². The maximum atomic E-state index is 12.4. The average Bonchev–Trinajstić information content (AvgIpc) is 2.92. The average molecular weight is 351 g/mol. The molecule has 4 nitrogen and oxygen atoms in total. The van der Waals surface area contributed by atoms with Crippen LogP contribution in [0.25, 0.3) is 21.6 Å². The van der Waals surface area contributed by atoms with Crippen LogP contribution in [0.1, 0.15) is 10.4 Å². The highest BCUT2D eigenvalue weighted by molar-refractivity contribution is 9.10. The monoisotopic (exact) mass is 350 g/mol. The molecule has 0 saturated heterocycles. The second kappa shape index (κ2) is 4.88. The Labute approximate surface area is 125 Å². The van der Waals surface area contributed by atoms with E-state index < -0.39 is 11.4 Å². The summed E-state index contributed by atoms with van der Waals surface area (Å²) in [7, 11) is 0. The number of rotatable bonds is 2. The number of carbonyl (C=O) groups is 1. The van der Waals surface area contributed by atoms with E-state index in [0.717, 1.165) is 0 Å². The van der Waals surface area contributed by atoms with Gasteiger partial charge in [0, 0.05) is 4.47 Å². The van der Waals surface area contributed by atoms with Gasteiger partial charge < -0.3 is 9.52 Å². The third kappa shape index (κ3) is 2.07. The van der Waals surface area contributed by atoms with Gasteiger partial charge in [-0.05, 0) is 29.6 Å². The first-order valence-corrected chi connectivity index (χ1v) is 7.28. The molecule has 0 aliphatic carbocycles. The van der Waals surface area contributed by atoms with Crippen molar-refractivity contribution in [1.29, 1.82) is 0 Å². The van der Waals surface area contributed by atoms with E-state index in [1.165, 1.54) is 11.3 Å². The normalized spacial score (nSPS) is 10.8. The number of carboxylic acid groups (broad SMARTS) is 1. The Morgan fingerprint density at radius 2 is 2.10 bits per heavy atom. The molecule has 0 unspecified atom stereocenters. The lowest BCUT2D eigenvalue weighted by atomic mass is 10.1. The minimum atomic E-state index is -1.29. The number of fused-ring (bicyclic) bond motifs is 1. The summed E-state index contributed by atoms with van der Waals surface area (Å²) < 4.78 is 6.34. The van der Waals surface area contributed by atoms with Crippen molar-refractivity contribution in [2.75, 3.05) is 0 Å². The van der Waals surface area contributed by atoms with Crippen molar-refractivity contribution < 1.29 is 14.3 Å². The largest absolute Gasteiger partial charge is 0.477 e. The molecule has 3 rings (SSSR count). The smallest absolute Gasteiger partial charge is 0.343 e. The summed E-state index contributed by atoms with van der Waals surface area (Å²) in [6.07, 6.45) is 0. The van der Waals surface area contributed by atoms with Crippen molar-refractivity contribution in [3.63, 3.8) is 0 Å². The Morgan fingerprint density at radius 1 is 1.30 bits per heavy atom. The fourth-order valence-corrected chi connectivity index (χ4v) is 3.02. The van der Waals surface area contributed by atoms with Crippen LogP contribution < -0.4 is 5.43 Å². The molecule has 0 bridgehead atoms. The Kier molecular flexibility index (Phi) is 3.19. The molecular formula is C14H7BrO4S. The van der Waals surface area contributed by atoms with E-state index >= 15 is 0 Å². The van der Waals surface area contributed by atoms with Gasteiger partial charge in [0.1, 0.15) is 5.58 Å². The zero-order valence-corrected chi connectivity index (χ0v) is 12.3. The number of thiophene rings is 1. The van der Waals surface area contributed by atoms with Crippen LogP contribution in [0.3, 0.4) is 0 Å². The molecule has 0 fully saturated rings. The molecule has 0 aliphatic rings. The van der Waals surface area contributed by atoms with E-state index in [1.54, 1.807) is 35.7 Å². The summed E-state index contributed by atoms with van der Waals surface area (Å²) in [6.45, 7) is 0. The third-order valence-electron chi connectivity index (χ3n) is 2.81. The van der Waals surface area contributed by atoms with Gasteiger partial charge in [-0.2, -0.15) is 0 Å². The van der Waals surface area contributed by atoms with Crippen molar-refractivity contribution in [3.8, 4) is 10.6 Å². The highest BCUT2D eigenvalue weighted by atomic mass is 79.9. The first kappa shape index (κ1) is 13.1. The van der Waals surface area contributed by atoms with Gasteiger partial charge in [0.2, 0.25) is 5.43 Å². The number of aromatic carboxylic acids is 1. The lowest BCUT2D eigenvalue weighted by Gasteiger charge is -2.05. The lowest BCUT2D eigenvalue weighted by Crippen LogP contribution is -2.16. The molecule has 1 N–H and O–H groups in total. The Morgan fingerprint density at radius 3 is 2.75 bits per heavy atom. The van der Waals surface area contributed by atoms with Crippen molar-refractivity contribution in [2.45, 2.75) is 0 Å². The van der Waals surface area contributed by atoms with Crippen LogP contribution in [0.4, 0.5) is 0 Å². The van der Waals surface area contributed by atoms with Crippen molar-refractivity contribution in [3.05, 3.63) is 56.0 Å². The molecule has 2 aromatic heterocycles. The molecular weight excluding hydrogens is 344 g/mol. The summed E-state index contributed by atoms with van der Waals surface area (Å²) in [5.74, 6) is -1.18. The zero-order valence-electron chi connectivity index (χ0n) is 9.92. The van der Waals surface area contributed by atoms with E-state index in [-0.39, 0.29) is 16.7 Å². The van der Waals surface area contributed by atoms with Gasteiger partial charge in [0.05, 0.1) is 10.3 Å². The summed E-state index contributed by atoms with van der Waals surface area (Å²) in [5, 5.41) is 11.4. The van der Waals surface area contributed by atoms with Crippen LogP contribution >= 0.6 is 27.3 Å². The summed E-state index contributed by atoms with van der Waals surface area (Å²) in [5.41, 5.74) is -0.506. The second-order valence-electron chi connectivity index (χ2n) is 4.06. The van der Waals surface area contributed by atoms with Crippen LogP contribution in [-0.2, 0) is 0 Å². The maximum absolute atomic E-state index is 12.4. The van der Waals surface area contributed by atoms with Gasteiger partial charge in [-0.15, -0.1) is 11.3 Å². The molecule has 0 amide bonds. The Hall–Kier alpha value is -1.92. The number of benzene rings is 1. The van der Waals surface area contributed by atoms with Gasteiger partial charge in [0.15, 0.2) is 11.3 Å². The van der Waals surface area contributed by atoms with Gasteiger partial charge in [-0.25, -0.2) is 4.79 Å². The fraction of sp³-hybridized carbons (Fsp3) is 0. The van der Waals surface area contributed by atoms with E-state index in [4.69, 9.17) is 4.42 Å². The standard InChI is InChI=1S/C14H7BrO4S/c15-7-3-4-9-8(6-7)12(16)11(14(17)18)13(19-9)10-2-1-5-20-10/h1-6H,(H,17,18). The molecule has 0 saturated carbocycles. The van der Waals surface area contributed by atoms with E-state index in [0.29, 0.717) is 14.9 Å². The molecule has 6 heteroatoms. The van der Waals surface area contributed by atoms with Crippen LogP contribution in [0.2, 0.25) is 0 Å². The number of carboxylic acids is 1. The van der Waals surface area contributed by atoms with E-state index in [9.17, 15) is 14.7 Å². The third-order valence-corrected chi connectivity index (χ3v) is 4.17. The maximum Gasteiger partial charge on any atom is 0.343 e. The Balaban J connectivity index is 2.46. The molecule has 0 atom stereocenters. The zero-order chi connectivity index (χ0) is 14.3. The number of halogens is 1. The summed E-state index contributed by atoms with van der Waals surface area (Å²) in [4.78, 5) is 24.4. The topological polar surface area (TPSA) is 67.5 Å². The molecule has 2 heterocycles. The molecule has 100 valence electrons. The predicted octanol–water partition coefficient (Wildman–Crippen LogP) is 3.98. The van der Waals surface area contributed by atoms with Crippen LogP contribution in [0, 0.1) is 0 Å². The van der Waals surface area contributed by atoms with Gasteiger partial charge in [-0.1, -0.05) is 22.0 Å². The predicted molar refractivity (Wildman–Crippen MR) is 80.5 cm³/mol. The lowest BCUT2D eigenvalue weighted by molar-refractivity contribution is 0.0694. The van der Waals surface area contributed by atoms with Crippen LogP contribution in [0.5, 0.6) is 0 Å². The SMILES string of the molecule is O=C(O)c1c(-c2cccs2)oc2ccc(Br)cc2c1=O. The quantitative estimate of drug-likeness (QED) is 0.758. The van der Waals surface area contributed by atoms with Gasteiger partial charge in [-0.3, -0.25) is 4.79 Å². The van der Waals surface area contributed by atoms with Crippen LogP contribution in [-0.4, -0.2) is 11.1 Å². The van der Waals surface area contributed by atoms with Gasteiger partial charge in [0.25, 0.3) is 0 Å². The van der Waals surface area contributed by atoms with E-state index in [2.05, 4.69) is 15.9 Å². The van der Waals surface area contributed by atoms with Crippen molar-refractivity contribution in [2.24, 2.45) is 0 Å². The first-order valence-electron chi connectivity index (χ1n) is 5.61. The molecule has 0 spiro atoms.